The van der Waals surface area contributed by atoms with Crippen LogP contribution < -0.4 is 4.74 Å². The van der Waals surface area contributed by atoms with Crippen molar-refractivity contribution >= 4 is 15.9 Å². The average Bonchev–Trinajstić information content (AvgIpc) is 1.88. The Morgan fingerprint density at radius 2 is 2.30 bits per heavy atom. The number of halogens is 1. The fourth-order valence-corrected chi connectivity index (χ4v) is 1.17. The van der Waals surface area contributed by atoms with Gasteiger partial charge in [-0.15, -0.1) is 0 Å². The molecular weight excluding hydrogens is 194 g/mol. The lowest BCUT2D eigenvalue weighted by molar-refractivity contribution is 0.409. The molecule has 0 spiro atoms. The van der Waals surface area contributed by atoms with Crippen molar-refractivity contribution in [1.82, 2.24) is 4.98 Å². The van der Waals surface area contributed by atoms with Gasteiger partial charge in [0.1, 0.15) is 10.4 Å². The molecule has 0 saturated carbocycles. The van der Waals surface area contributed by atoms with E-state index in [0.717, 1.165) is 15.9 Å². The van der Waals surface area contributed by atoms with Crippen LogP contribution in [0.15, 0.2) is 16.9 Å². The van der Waals surface area contributed by atoms with Crippen molar-refractivity contribution in [2.75, 3.05) is 7.11 Å². The number of pyridine rings is 1. The van der Waals surface area contributed by atoms with Crippen molar-refractivity contribution in [2.45, 2.75) is 6.92 Å². The average molecular weight is 202 g/mol. The van der Waals surface area contributed by atoms with Gasteiger partial charge in [0.25, 0.3) is 0 Å². The fraction of sp³-hybridized carbons (Fsp3) is 0.286. The van der Waals surface area contributed by atoms with Crippen LogP contribution in [0.25, 0.3) is 0 Å². The topological polar surface area (TPSA) is 22.1 Å². The van der Waals surface area contributed by atoms with E-state index in [2.05, 4.69) is 20.9 Å². The molecule has 1 aromatic heterocycles. The maximum absolute atomic E-state index is 5.02. The summed E-state index contributed by atoms with van der Waals surface area (Å²) in [6, 6.07) is 1.92. The van der Waals surface area contributed by atoms with Crippen LogP contribution in [0.3, 0.4) is 0 Å². The first-order valence-corrected chi connectivity index (χ1v) is 3.69. The molecule has 0 bridgehead atoms. The third-order valence-electron chi connectivity index (χ3n) is 1.25. The van der Waals surface area contributed by atoms with Gasteiger partial charge in [-0.3, -0.25) is 0 Å². The second-order valence-electron chi connectivity index (χ2n) is 1.98. The van der Waals surface area contributed by atoms with Crippen molar-refractivity contribution in [3.8, 4) is 5.75 Å². The first-order chi connectivity index (χ1) is 4.74. The van der Waals surface area contributed by atoms with E-state index in [0.29, 0.717) is 0 Å². The monoisotopic (exact) mass is 201 g/mol. The number of hydrogen-bond acceptors (Lipinski definition) is 2. The highest BCUT2D eigenvalue weighted by atomic mass is 79.9. The molecule has 0 radical (unpaired) electrons. The standard InChI is InChI=1S/C7H8BrNO/c1-5-3-7(8)9-4-6(5)10-2/h3-4H,1-2H3. The van der Waals surface area contributed by atoms with E-state index in [-0.39, 0.29) is 0 Å². The van der Waals surface area contributed by atoms with E-state index in [1.54, 1.807) is 13.3 Å². The van der Waals surface area contributed by atoms with Crippen molar-refractivity contribution in [3.05, 3.63) is 22.4 Å². The fourth-order valence-electron chi connectivity index (χ4n) is 0.723. The molecule has 0 aliphatic carbocycles. The first kappa shape index (κ1) is 7.54. The van der Waals surface area contributed by atoms with E-state index in [1.807, 2.05) is 13.0 Å². The van der Waals surface area contributed by atoms with Crippen molar-refractivity contribution in [3.63, 3.8) is 0 Å². The highest BCUT2D eigenvalue weighted by Gasteiger charge is 1.97. The van der Waals surface area contributed by atoms with E-state index in [4.69, 9.17) is 4.74 Å². The molecule has 0 saturated heterocycles. The van der Waals surface area contributed by atoms with Crippen LogP contribution in [0.5, 0.6) is 5.75 Å². The summed E-state index contributed by atoms with van der Waals surface area (Å²) in [6.07, 6.45) is 1.69. The predicted octanol–water partition coefficient (Wildman–Crippen LogP) is 2.16. The lowest BCUT2D eigenvalue weighted by Gasteiger charge is -2.01. The molecule has 0 aromatic carbocycles. The molecule has 54 valence electrons. The molecule has 2 nitrogen and oxygen atoms in total. The minimum atomic E-state index is 0.822. The molecule has 10 heavy (non-hydrogen) atoms. The number of ether oxygens (including phenoxy) is 1. The second kappa shape index (κ2) is 3.01. The minimum absolute atomic E-state index is 0.822. The molecule has 0 amide bonds. The largest absolute Gasteiger partial charge is 0.495 e. The summed E-state index contributed by atoms with van der Waals surface area (Å²) in [7, 11) is 1.64. The Labute approximate surface area is 68.4 Å². The zero-order valence-corrected chi connectivity index (χ0v) is 7.47. The smallest absolute Gasteiger partial charge is 0.140 e. The summed E-state index contributed by atoms with van der Waals surface area (Å²) in [6.45, 7) is 1.98. The van der Waals surface area contributed by atoms with Gasteiger partial charge in [-0.1, -0.05) is 0 Å². The molecule has 1 aromatic rings. The Bertz CT molecular complexity index is 237. The van der Waals surface area contributed by atoms with Crippen LogP contribution in [0.4, 0.5) is 0 Å². The number of aromatic nitrogens is 1. The van der Waals surface area contributed by atoms with Gasteiger partial charge in [0.15, 0.2) is 0 Å². The molecule has 1 rings (SSSR count). The SMILES string of the molecule is COc1cnc(Br)cc1C. The van der Waals surface area contributed by atoms with Gasteiger partial charge in [-0.05, 0) is 34.5 Å². The normalized spacial score (nSPS) is 9.50. The quantitative estimate of drug-likeness (QED) is 0.651. The van der Waals surface area contributed by atoms with Gasteiger partial charge >= 0.3 is 0 Å². The number of hydrogen-bond donors (Lipinski definition) is 0. The maximum atomic E-state index is 5.02. The Kier molecular flexibility index (Phi) is 2.27. The predicted molar refractivity (Wildman–Crippen MR) is 43.2 cm³/mol. The van der Waals surface area contributed by atoms with Gasteiger partial charge in [0.2, 0.25) is 0 Å². The van der Waals surface area contributed by atoms with Crippen molar-refractivity contribution < 1.29 is 4.74 Å². The van der Waals surface area contributed by atoms with Gasteiger partial charge in [0, 0.05) is 0 Å². The van der Waals surface area contributed by atoms with E-state index >= 15 is 0 Å². The number of rotatable bonds is 1. The summed E-state index contributed by atoms with van der Waals surface area (Å²) in [5.74, 6) is 0.822. The molecular formula is C7H8BrNO. The third kappa shape index (κ3) is 1.48. The first-order valence-electron chi connectivity index (χ1n) is 2.90. The lowest BCUT2D eigenvalue weighted by Crippen LogP contribution is -1.87. The van der Waals surface area contributed by atoms with Gasteiger partial charge < -0.3 is 4.74 Å². The van der Waals surface area contributed by atoms with Crippen LogP contribution in [-0.2, 0) is 0 Å². The highest BCUT2D eigenvalue weighted by molar-refractivity contribution is 9.10. The number of methoxy groups -OCH3 is 1. The Morgan fingerprint density at radius 3 is 2.80 bits per heavy atom. The third-order valence-corrected chi connectivity index (χ3v) is 1.68. The summed E-state index contributed by atoms with van der Waals surface area (Å²) in [5, 5.41) is 0. The van der Waals surface area contributed by atoms with Gasteiger partial charge in [0.05, 0.1) is 13.3 Å². The van der Waals surface area contributed by atoms with Gasteiger partial charge in [-0.25, -0.2) is 4.98 Å². The van der Waals surface area contributed by atoms with Crippen LogP contribution in [0.2, 0.25) is 0 Å². The summed E-state index contributed by atoms with van der Waals surface area (Å²) in [5.41, 5.74) is 1.09. The lowest BCUT2D eigenvalue weighted by atomic mass is 10.3. The van der Waals surface area contributed by atoms with Crippen LogP contribution in [-0.4, -0.2) is 12.1 Å². The van der Waals surface area contributed by atoms with E-state index < -0.39 is 0 Å². The molecule has 3 heteroatoms. The minimum Gasteiger partial charge on any atom is -0.495 e. The Hall–Kier alpha value is -0.570. The van der Waals surface area contributed by atoms with Crippen molar-refractivity contribution in [1.29, 1.82) is 0 Å². The zero-order valence-electron chi connectivity index (χ0n) is 5.89. The molecule has 1 heterocycles. The summed E-state index contributed by atoms with van der Waals surface area (Å²) < 4.78 is 5.86. The van der Waals surface area contributed by atoms with Crippen LogP contribution in [0, 0.1) is 6.92 Å². The maximum Gasteiger partial charge on any atom is 0.140 e. The number of nitrogens with zero attached hydrogens (tertiary/aromatic N) is 1. The van der Waals surface area contributed by atoms with Crippen molar-refractivity contribution in [2.24, 2.45) is 0 Å². The van der Waals surface area contributed by atoms with E-state index in [1.165, 1.54) is 0 Å². The molecule has 0 atom stereocenters. The molecule has 0 fully saturated rings. The van der Waals surface area contributed by atoms with E-state index in [9.17, 15) is 0 Å². The van der Waals surface area contributed by atoms with Crippen LogP contribution >= 0.6 is 15.9 Å². The number of aryl methyl sites for hydroxylation is 1. The summed E-state index contributed by atoms with van der Waals surface area (Å²) >= 11 is 3.26. The Balaban J connectivity index is 3.07. The molecule has 0 aliphatic heterocycles. The second-order valence-corrected chi connectivity index (χ2v) is 2.79. The van der Waals surface area contributed by atoms with Gasteiger partial charge in [-0.2, -0.15) is 0 Å². The zero-order chi connectivity index (χ0) is 7.56. The Morgan fingerprint density at radius 1 is 1.60 bits per heavy atom. The molecule has 0 aliphatic rings. The van der Waals surface area contributed by atoms with Crippen LogP contribution in [0.1, 0.15) is 5.56 Å². The summed E-state index contributed by atoms with van der Waals surface area (Å²) in [4.78, 5) is 4.00. The molecule has 0 unspecified atom stereocenters. The highest BCUT2D eigenvalue weighted by Crippen LogP contribution is 2.18. The molecule has 0 N–H and O–H groups in total.